The summed E-state index contributed by atoms with van der Waals surface area (Å²) in [7, 11) is 1.58. The van der Waals surface area contributed by atoms with Crippen molar-refractivity contribution in [1.82, 2.24) is 0 Å². The fraction of sp³-hybridized carbons (Fsp3) is 0.633. The highest BCUT2D eigenvalue weighted by molar-refractivity contribution is 6.11. The number of hydrogen-bond acceptors (Lipinski definition) is 12. The highest BCUT2D eigenvalue weighted by Gasteiger charge is 2.93. The van der Waals surface area contributed by atoms with Crippen LogP contribution in [0.3, 0.4) is 0 Å². The smallest absolute Gasteiger partial charge is 0.277 e. The Morgan fingerprint density at radius 3 is 2.67 bits per heavy atom. The van der Waals surface area contributed by atoms with Crippen molar-refractivity contribution < 1.29 is 52.5 Å². The molecule has 8 rings (SSSR count). The third kappa shape index (κ3) is 3.26. The number of carbonyl (C=O) groups excluding carboxylic acids is 1. The molecule has 0 amide bonds. The Labute approximate surface area is 242 Å². The van der Waals surface area contributed by atoms with E-state index in [-0.39, 0.29) is 36.9 Å². The molecule has 1 spiro atoms. The van der Waals surface area contributed by atoms with E-state index in [0.717, 1.165) is 12.0 Å². The monoisotopic (exact) mass is 585 g/mol. The number of phenolic OH excluding ortho intramolecular Hbond substituents is 1. The number of carbonyl (C=O) groups is 1. The largest absolute Gasteiger partial charge is 0.506 e. The molecule has 0 radical (unpaired) electrons. The van der Waals surface area contributed by atoms with Gasteiger partial charge in [-0.25, -0.2) is 0 Å². The maximum atomic E-state index is 13.1. The molecule has 226 valence electrons. The molecule has 3 N–H and O–H groups in total. The van der Waals surface area contributed by atoms with Crippen molar-refractivity contribution in [2.24, 2.45) is 5.73 Å². The third-order valence-corrected chi connectivity index (χ3v) is 9.43. The lowest BCUT2D eigenvalue weighted by Crippen LogP contribution is -2.70. The maximum Gasteiger partial charge on any atom is 0.277 e. The van der Waals surface area contributed by atoms with Crippen molar-refractivity contribution in [3.05, 3.63) is 28.3 Å². The van der Waals surface area contributed by atoms with E-state index in [1.54, 1.807) is 7.11 Å². The number of rotatable bonds is 8. The second-order valence-corrected chi connectivity index (χ2v) is 11.7. The predicted octanol–water partition coefficient (Wildman–Crippen LogP) is 2.16. The van der Waals surface area contributed by atoms with Gasteiger partial charge in [0, 0.05) is 29.5 Å². The van der Waals surface area contributed by atoms with E-state index in [1.165, 1.54) is 0 Å². The van der Waals surface area contributed by atoms with Gasteiger partial charge in [0.1, 0.15) is 23.4 Å². The molecule has 4 saturated heterocycles. The number of aryl methyl sites for hydroxylation is 1. The molecule has 2 bridgehead atoms. The van der Waals surface area contributed by atoms with E-state index < -0.39 is 35.7 Å². The number of ketones is 1. The van der Waals surface area contributed by atoms with Crippen molar-refractivity contribution in [3.8, 4) is 17.2 Å². The van der Waals surface area contributed by atoms with Gasteiger partial charge in [-0.05, 0) is 37.8 Å². The first-order valence-electron chi connectivity index (χ1n) is 14.7. The minimum absolute atomic E-state index is 0.128. The Bertz CT molecular complexity index is 1470. The fourth-order valence-electron chi connectivity index (χ4n) is 7.66. The lowest BCUT2D eigenvalue weighted by atomic mass is 9.78. The number of ether oxygens (including phenoxy) is 9. The molecule has 12 heteroatoms. The van der Waals surface area contributed by atoms with Gasteiger partial charge in [-0.1, -0.05) is 0 Å². The van der Waals surface area contributed by atoms with E-state index in [4.69, 9.17) is 48.4 Å². The van der Waals surface area contributed by atoms with Gasteiger partial charge >= 0.3 is 0 Å². The molecule has 5 heterocycles. The second-order valence-electron chi connectivity index (χ2n) is 11.7. The van der Waals surface area contributed by atoms with Gasteiger partial charge < -0.3 is 53.5 Å². The van der Waals surface area contributed by atoms with Crippen LogP contribution < -0.4 is 15.2 Å². The van der Waals surface area contributed by atoms with Gasteiger partial charge in [-0.3, -0.25) is 4.79 Å². The molecule has 0 aromatic heterocycles. The SMILES string of the molecule is COc1c2c(c(O)c3c4c(c(C)cc13)C1O[C@]3(C5OCCCO5)OC1[C@](OCCOCCN)(O4)C31CO1)C(=O)CCC2. The lowest BCUT2D eigenvalue weighted by Gasteiger charge is -2.50. The minimum Gasteiger partial charge on any atom is -0.506 e. The first-order valence-corrected chi connectivity index (χ1v) is 14.7. The van der Waals surface area contributed by atoms with Crippen LogP contribution in [-0.4, -0.2) is 93.8 Å². The van der Waals surface area contributed by atoms with E-state index >= 15 is 0 Å². The first-order chi connectivity index (χ1) is 20.4. The van der Waals surface area contributed by atoms with Gasteiger partial charge in [0.05, 0.1) is 57.7 Å². The number of benzene rings is 2. The number of epoxide rings is 1. The van der Waals surface area contributed by atoms with Gasteiger partial charge in [0.15, 0.2) is 11.9 Å². The Hall–Kier alpha value is -2.55. The summed E-state index contributed by atoms with van der Waals surface area (Å²) in [5.41, 5.74) is 6.92. The zero-order chi connectivity index (χ0) is 28.9. The van der Waals surface area contributed by atoms with Crippen LogP contribution in [0.15, 0.2) is 6.07 Å². The summed E-state index contributed by atoms with van der Waals surface area (Å²) in [4.78, 5) is 13.1. The number of aromatic hydroxyl groups is 1. The lowest BCUT2D eigenvalue weighted by molar-refractivity contribution is -0.367. The van der Waals surface area contributed by atoms with E-state index in [9.17, 15) is 9.90 Å². The molecule has 6 aliphatic rings. The van der Waals surface area contributed by atoms with E-state index in [0.29, 0.717) is 79.0 Å². The summed E-state index contributed by atoms with van der Waals surface area (Å²) in [6.45, 7) is 4.33. The summed E-state index contributed by atoms with van der Waals surface area (Å²) in [5, 5.41) is 12.8. The van der Waals surface area contributed by atoms with Crippen molar-refractivity contribution in [2.45, 2.75) is 68.3 Å². The van der Waals surface area contributed by atoms with Crippen LogP contribution in [0.2, 0.25) is 0 Å². The van der Waals surface area contributed by atoms with Gasteiger partial charge in [0.2, 0.25) is 11.9 Å². The summed E-state index contributed by atoms with van der Waals surface area (Å²) in [5.74, 6) is -2.27. The summed E-state index contributed by atoms with van der Waals surface area (Å²) >= 11 is 0. The number of methoxy groups -OCH3 is 1. The van der Waals surface area contributed by atoms with Crippen LogP contribution in [0.25, 0.3) is 10.8 Å². The number of hydrogen-bond donors (Lipinski definition) is 2. The summed E-state index contributed by atoms with van der Waals surface area (Å²) in [6, 6.07) is 1.95. The van der Waals surface area contributed by atoms with Crippen molar-refractivity contribution in [1.29, 1.82) is 0 Å². The summed E-state index contributed by atoms with van der Waals surface area (Å²) in [6.07, 6.45) is 0.163. The average molecular weight is 586 g/mol. The Morgan fingerprint density at radius 1 is 1.12 bits per heavy atom. The van der Waals surface area contributed by atoms with E-state index in [2.05, 4.69) is 0 Å². The molecule has 4 fully saturated rings. The molecule has 42 heavy (non-hydrogen) atoms. The Morgan fingerprint density at radius 2 is 1.93 bits per heavy atom. The topological polar surface area (TPSA) is 150 Å². The van der Waals surface area contributed by atoms with E-state index in [1.807, 2.05) is 13.0 Å². The quantitative estimate of drug-likeness (QED) is 0.345. The molecule has 12 nitrogen and oxygen atoms in total. The van der Waals surface area contributed by atoms with Crippen LogP contribution >= 0.6 is 0 Å². The fourth-order valence-corrected chi connectivity index (χ4v) is 7.66. The normalized spacial score (nSPS) is 34.5. The number of fused-ring (bicyclic) bond motifs is 8. The molecular formula is C30H35NO11. The second kappa shape index (κ2) is 9.47. The predicted molar refractivity (Wildman–Crippen MR) is 144 cm³/mol. The summed E-state index contributed by atoms with van der Waals surface area (Å²) < 4.78 is 56.8. The molecule has 2 aromatic rings. The highest BCUT2D eigenvalue weighted by Crippen LogP contribution is 2.72. The molecule has 2 aromatic carbocycles. The zero-order valence-electron chi connectivity index (χ0n) is 23.7. The number of nitrogens with two attached hydrogens (primary N) is 1. The van der Waals surface area contributed by atoms with Gasteiger partial charge in [-0.2, -0.15) is 0 Å². The van der Waals surface area contributed by atoms with Crippen molar-refractivity contribution in [2.75, 3.05) is 53.3 Å². The van der Waals surface area contributed by atoms with Crippen LogP contribution in [0.4, 0.5) is 0 Å². The zero-order valence-corrected chi connectivity index (χ0v) is 23.7. The number of Topliss-reactive ketones (excluding diaryl/α,β-unsaturated/α-hetero) is 1. The minimum atomic E-state index is -1.49. The standard InChI is InChI=1S/C30H35NO11/c1-15-13-17-21(22(33)20-16(23(17)34-2)5-3-6-18(20)32)24-19(15)25-26-29(40-24,38-12-11-35-10-7-31)28(14-39-28)30(41-25,42-26)27-36-8-4-9-37-27/h13,25-27,33H,3-12,14,31H2,1-2H3/t25?,26?,28?,29-,30+/m0/s1. The van der Waals surface area contributed by atoms with Gasteiger partial charge in [-0.15, -0.1) is 0 Å². The van der Waals surface area contributed by atoms with Gasteiger partial charge in [0.25, 0.3) is 11.6 Å². The average Bonchev–Trinajstić information content (AvgIpc) is 3.65. The third-order valence-electron chi connectivity index (χ3n) is 9.43. The Kier molecular flexibility index (Phi) is 6.10. The molecule has 0 saturated carbocycles. The molecule has 5 aliphatic heterocycles. The maximum absolute atomic E-state index is 13.1. The van der Waals surface area contributed by atoms with Crippen LogP contribution in [0, 0.1) is 6.92 Å². The Balaban J connectivity index is 1.33. The first kappa shape index (κ1) is 27.0. The van der Waals surface area contributed by atoms with Crippen molar-refractivity contribution in [3.63, 3.8) is 0 Å². The molecular weight excluding hydrogens is 550 g/mol. The molecule has 3 unspecified atom stereocenters. The van der Waals surface area contributed by atoms with Crippen LogP contribution in [-0.2, 0) is 39.6 Å². The van der Waals surface area contributed by atoms with Crippen LogP contribution in [0.1, 0.15) is 52.4 Å². The number of phenols is 1. The highest BCUT2D eigenvalue weighted by atomic mass is 16.9. The molecule has 1 aliphatic carbocycles. The molecule has 5 atom stereocenters. The van der Waals surface area contributed by atoms with Crippen molar-refractivity contribution >= 4 is 16.6 Å². The van der Waals surface area contributed by atoms with Crippen LogP contribution in [0.5, 0.6) is 17.2 Å².